The highest BCUT2D eigenvalue weighted by Gasteiger charge is 2.25. The van der Waals surface area contributed by atoms with Crippen molar-refractivity contribution < 1.29 is 14.3 Å². The normalized spacial score (nSPS) is 19.3. The van der Waals surface area contributed by atoms with Crippen LogP contribution in [-0.2, 0) is 4.74 Å². The molecule has 156 valence electrons. The van der Waals surface area contributed by atoms with Gasteiger partial charge in [0, 0.05) is 30.0 Å². The number of nitrogens with zero attached hydrogens (tertiary/aromatic N) is 4. The Labute approximate surface area is 170 Å². The summed E-state index contributed by atoms with van der Waals surface area (Å²) >= 11 is 0. The Kier molecular flexibility index (Phi) is 6.46. The van der Waals surface area contributed by atoms with Crippen LogP contribution in [0, 0.1) is 0 Å². The number of alkyl carbamates (subject to hydrolysis) is 1. The fourth-order valence-electron chi connectivity index (χ4n) is 3.17. The number of nitrogens with one attached hydrogen (secondary N) is 2. The van der Waals surface area contributed by atoms with Crippen molar-refractivity contribution in [2.75, 3.05) is 12.4 Å². The molecule has 1 saturated carbocycles. The minimum absolute atomic E-state index is 0.145. The maximum absolute atomic E-state index is 11.9. The molecule has 29 heavy (non-hydrogen) atoms. The van der Waals surface area contributed by atoms with Crippen LogP contribution in [0.25, 0.3) is 11.3 Å². The van der Waals surface area contributed by atoms with Crippen molar-refractivity contribution in [2.24, 2.45) is 0 Å². The van der Waals surface area contributed by atoms with Crippen LogP contribution in [0.1, 0.15) is 46.5 Å². The van der Waals surface area contributed by atoms with Gasteiger partial charge in [-0.15, -0.1) is 0 Å². The van der Waals surface area contributed by atoms with Crippen molar-refractivity contribution in [3.05, 3.63) is 24.8 Å². The fraction of sp³-hybridized carbons (Fsp3) is 0.550. The first kappa shape index (κ1) is 20.8. The number of hydrogen-bond acceptors (Lipinski definition) is 8. The van der Waals surface area contributed by atoms with Gasteiger partial charge in [-0.1, -0.05) is 0 Å². The maximum Gasteiger partial charge on any atom is 0.407 e. The molecule has 2 aromatic heterocycles. The van der Waals surface area contributed by atoms with Crippen molar-refractivity contribution >= 4 is 11.9 Å². The predicted molar refractivity (Wildman–Crippen MR) is 109 cm³/mol. The molecule has 1 amide bonds. The maximum atomic E-state index is 11.9. The van der Waals surface area contributed by atoms with Crippen LogP contribution in [-0.4, -0.2) is 50.8 Å². The zero-order chi connectivity index (χ0) is 20.9. The van der Waals surface area contributed by atoms with Crippen molar-refractivity contribution in [2.45, 2.75) is 64.1 Å². The van der Waals surface area contributed by atoms with Gasteiger partial charge in [0.25, 0.3) is 0 Å². The Morgan fingerprint density at radius 1 is 0.966 bits per heavy atom. The Hall–Kier alpha value is -2.97. The quantitative estimate of drug-likeness (QED) is 0.787. The summed E-state index contributed by atoms with van der Waals surface area (Å²) in [5.74, 6) is 0.728. The lowest BCUT2D eigenvalue weighted by Crippen LogP contribution is -2.42. The van der Waals surface area contributed by atoms with Gasteiger partial charge in [0.05, 0.1) is 25.2 Å². The largest absolute Gasteiger partial charge is 0.467 e. The van der Waals surface area contributed by atoms with Crippen molar-refractivity contribution in [1.29, 1.82) is 0 Å². The van der Waals surface area contributed by atoms with E-state index in [-0.39, 0.29) is 12.1 Å². The standard InChI is InChI=1S/C20H28N6O3/c1-20(2,3)29-19(27)26-15-7-5-14(6-8-15)25-17-12-21-16(11-22-17)13-9-23-18(28-4)24-10-13/h9-12,14-15H,5-8H2,1-4H3,(H,22,25)(H,26,27). The fourth-order valence-corrected chi connectivity index (χ4v) is 3.17. The molecule has 1 fully saturated rings. The Balaban J connectivity index is 1.47. The highest BCUT2D eigenvalue weighted by molar-refractivity contribution is 5.68. The second-order valence-corrected chi connectivity index (χ2v) is 8.08. The number of rotatable bonds is 5. The van der Waals surface area contributed by atoms with E-state index in [1.807, 2.05) is 20.8 Å². The first-order valence-electron chi connectivity index (χ1n) is 9.77. The van der Waals surface area contributed by atoms with Gasteiger partial charge < -0.3 is 20.1 Å². The second-order valence-electron chi connectivity index (χ2n) is 8.08. The molecule has 9 heteroatoms. The summed E-state index contributed by atoms with van der Waals surface area (Å²) in [5.41, 5.74) is 0.994. The van der Waals surface area contributed by atoms with E-state index in [0.717, 1.165) is 37.1 Å². The number of carbonyl (C=O) groups is 1. The van der Waals surface area contributed by atoms with Gasteiger partial charge in [-0.2, -0.15) is 0 Å². The lowest BCUT2D eigenvalue weighted by Gasteiger charge is -2.30. The van der Waals surface area contributed by atoms with Gasteiger partial charge in [0.2, 0.25) is 0 Å². The summed E-state index contributed by atoms with van der Waals surface area (Å²) in [6, 6.07) is 0.763. The third-order valence-corrected chi connectivity index (χ3v) is 4.56. The van der Waals surface area contributed by atoms with E-state index in [2.05, 4.69) is 30.6 Å². The molecule has 3 rings (SSSR count). The third-order valence-electron chi connectivity index (χ3n) is 4.56. The molecule has 0 radical (unpaired) electrons. The van der Waals surface area contributed by atoms with Gasteiger partial charge in [-0.3, -0.25) is 4.98 Å². The SMILES string of the molecule is COc1ncc(-c2cnc(NC3CCC(NC(=O)OC(C)(C)C)CC3)cn2)cn1. The molecule has 0 saturated heterocycles. The average Bonchev–Trinajstić information content (AvgIpc) is 2.69. The lowest BCUT2D eigenvalue weighted by atomic mass is 9.91. The molecule has 0 unspecified atom stereocenters. The molecule has 1 aliphatic carbocycles. The number of carbonyl (C=O) groups excluding carboxylic acids is 1. The summed E-state index contributed by atoms with van der Waals surface area (Å²) in [7, 11) is 1.52. The van der Waals surface area contributed by atoms with E-state index in [1.165, 1.54) is 7.11 Å². The topological polar surface area (TPSA) is 111 Å². The van der Waals surface area contributed by atoms with Crippen LogP contribution in [0.5, 0.6) is 6.01 Å². The van der Waals surface area contributed by atoms with Crippen LogP contribution in [0.15, 0.2) is 24.8 Å². The van der Waals surface area contributed by atoms with Gasteiger partial charge in [0.15, 0.2) is 0 Å². The van der Waals surface area contributed by atoms with Crippen LogP contribution in [0.4, 0.5) is 10.6 Å². The molecule has 0 spiro atoms. The molecule has 0 aromatic carbocycles. The van der Waals surface area contributed by atoms with Crippen LogP contribution in [0.3, 0.4) is 0 Å². The molecule has 0 bridgehead atoms. The van der Waals surface area contributed by atoms with Crippen LogP contribution >= 0.6 is 0 Å². The molecular formula is C20H28N6O3. The highest BCUT2D eigenvalue weighted by Crippen LogP contribution is 2.23. The Morgan fingerprint density at radius 2 is 1.62 bits per heavy atom. The smallest absolute Gasteiger partial charge is 0.407 e. The summed E-state index contributed by atoms with van der Waals surface area (Å²) < 4.78 is 10.3. The Morgan fingerprint density at radius 3 is 2.17 bits per heavy atom. The average molecular weight is 400 g/mol. The van der Waals surface area contributed by atoms with E-state index in [1.54, 1.807) is 24.8 Å². The number of ether oxygens (including phenoxy) is 2. The molecule has 0 atom stereocenters. The third kappa shape index (κ3) is 6.27. The minimum Gasteiger partial charge on any atom is -0.467 e. The molecule has 1 aliphatic rings. The van der Waals surface area contributed by atoms with Crippen LogP contribution in [0.2, 0.25) is 0 Å². The first-order valence-corrected chi connectivity index (χ1v) is 9.77. The minimum atomic E-state index is -0.481. The molecule has 2 heterocycles. The number of hydrogen-bond donors (Lipinski definition) is 2. The van der Waals surface area contributed by atoms with Crippen molar-refractivity contribution in [1.82, 2.24) is 25.3 Å². The van der Waals surface area contributed by atoms with E-state index < -0.39 is 5.60 Å². The molecule has 0 aliphatic heterocycles. The molecule has 9 nitrogen and oxygen atoms in total. The van der Waals surface area contributed by atoms with Gasteiger partial charge in [-0.05, 0) is 46.5 Å². The van der Waals surface area contributed by atoms with Gasteiger partial charge in [0.1, 0.15) is 11.4 Å². The lowest BCUT2D eigenvalue weighted by molar-refractivity contribution is 0.0492. The Bertz CT molecular complexity index is 796. The molecule has 2 N–H and O–H groups in total. The van der Waals surface area contributed by atoms with E-state index >= 15 is 0 Å². The number of anilines is 1. The summed E-state index contributed by atoms with van der Waals surface area (Å²) in [6.07, 6.45) is 10.0. The van der Waals surface area contributed by atoms with E-state index in [4.69, 9.17) is 9.47 Å². The summed E-state index contributed by atoms with van der Waals surface area (Å²) in [4.78, 5) is 29.0. The van der Waals surface area contributed by atoms with Crippen molar-refractivity contribution in [3.8, 4) is 17.3 Å². The summed E-state index contributed by atoms with van der Waals surface area (Å²) in [5, 5.41) is 6.38. The number of amides is 1. The zero-order valence-electron chi connectivity index (χ0n) is 17.3. The first-order chi connectivity index (χ1) is 13.8. The van der Waals surface area contributed by atoms with Gasteiger partial charge >= 0.3 is 12.1 Å². The monoisotopic (exact) mass is 400 g/mol. The second kappa shape index (κ2) is 9.02. The number of methoxy groups -OCH3 is 1. The zero-order valence-corrected chi connectivity index (χ0v) is 17.3. The summed E-state index contributed by atoms with van der Waals surface area (Å²) in [6.45, 7) is 5.59. The van der Waals surface area contributed by atoms with Crippen molar-refractivity contribution in [3.63, 3.8) is 0 Å². The van der Waals surface area contributed by atoms with Gasteiger partial charge in [-0.25, -0.2) is 19.7 Å². The highest BCUT2D eigenvalue weighted by atomic mass is 16.6. The predicted octanol–water partition coefficient (Wildman–Crippen LogP) is 3.19. The molecule has 2 aromatic rings. The number of aromatic nitrogens is 4. The molecular weight excluding hydrogens is 372 g/mol. The van der Waals surface area contributed by atoms with E-state index in [0.29, 0.717) is 17.7 Å². The van der Waals surface area contributed by atoms with E-state index in [9.17, 15) is 4.79 Å². The van der Waals surface area contributed by atoms with Crippen LogP contribution < -0.4 is 15.4 Å².